The highest BCUT2D eigenvalue weighted by Gasteiger charge is 2.26. The van der Waals surface area contributed by atoms with Gasteiger partial charge >= 0.3 is 17.9 Å². The third-order valence-corrected chi connectivity index (χ3v) is 2.14. The van der Waals surface area contributed by atoms with E-state index in [1.54, 1.807) is 0 Å². The van der Waals surface area contributed by atoms with E-state index in [0.29, 0.717) is 6.07 Å². The zero-order chi connectivity index (χ0) is 14.7. The summed E-state index contributed by atoms with van der Waals surface area (Å²) in [6.45, 7) is 0. The zero-order valence-electron chi connectivity index (χ0n) is 9.11. The zero-order valence-corrected chi connectivity index (χ0v) is 9.11. The standard InChI is InChI=1S/C11H6O8/c12-7(10(16)17)5-2-1-4(9(14)15)3-6(5)8(13)11(18)19/h1-3H,(H,14,15)(H,16,17)(H,18,19). The molecule has 0 saturated carbocycles. The molecule has 0 heterocycles. The maximum absolute atomic E-state index is 11.3. The van der Waals surface area contributed by atoms with E-state index in [-0.39, 0.29) is 0 Å². The lowest BCUT2D eigenvalue weighted by Crippen LogP contribution is -2.21. The van der Waals surface area contributed by atoms with Crippen LogP contribution < -0.4 is 0 Å². The fourth-order valence-corrected chi connectivity index (χ4v) is 1.29. The molecule has 0 aromatic heterocycles. The molecule has 0 radical (unpaired) electrons. The molecule has 0 atom stereocenters. The van der Waals surface area contributed by atoms with Crippen molar-refractivity contribution in [1.29, 1.82) is 0 Å². The summed E-state index contributed by atoms with van der Waals surface area (Å²) < 4.78 is 0. The van der Waals surface area contributed by atoms with Crippen LogP contribution in [0.25, 0.3) is 0 Å². The highest BCUT2D eigenvalue weighted by Crippen LogP contribution is 2.14. The molecule has 19 heavy (non-hydrogen) atoms. The van der Waals surface area contributed by atoms with Crippen LogP contribution >= 0.6 is 0 Å². The maximum atomic E-state index is 11.3. The Kier molecular flexibility index (Phi) is 3.76. The van der Waals surface area contributed by atoms with Gasteiger partial charge in [0.1, 0.15) is 0 Å². The first-order valence-electron chi connectivity index (χ1n) is 4.68. The summed E-state index contributed by atoms with van der Waals surface area (Å²) in [6, 6.07) is 2.34. The molecule has 0 spiro atoms. The largest absolute Gasteiger partial charge is 0.478 e. The van der Waals surface area contributed by atoms with E-state index in [1.807, 2.05) is 0 Å². The van der Waals surface area contributed by atoms with Gasteiger partial charge in [0, 0.05) is 11.1 Å². The molecule has 0 fully saturated rings. The Bertz CT molecular complexity index is 613. The van der Waals surface area contributed by atoms with Gasteiger partial charge in [-0.2, -0.15) is 0 Å². The van der Waals surface area contributed by atoms with E-state index in [9.17, 15) is 24.0 Å². The Labute approximate surface area is 104 Å². The Morgan fingerprint density at radius 1 is 0.737 bits per heavy atom. The second kappa shape index (κ2) is 5.08. The molecule has 98 valence electrons. The van der Waals surface area contributed by atoms with Crippen LogP contribution in [-0.4, -0.2) is 44.8 Å². The van der Waals surface area contributed by atoms with Gasteiger partial charge in [-0.15, -0.1) is 0 Å². The molecule has 0 bridgehead atoms. The summed E-state index contributed by atoms with van der Waals surface area (Å²) in [5, 5.41) is 25.8. The van der Waals surface area contributed by atoms with Gasteiger partial charge in [0.25, 0.3) is 11.6 Å². The van der Waals surface area contributed by atoms with Crippen LogP contribution in [0.4, 0.5) is 0 Å². The fraction of sp³-hybridized carbons (Fsp3) is 0. The van der Waals surface area contributed by atoms with Crippen LogP contribution in [0, 0.1) is 0 Å². The van der Waals surface area contributed by atoms with Gasteiger partial charge in [-0.05, 0) is 18.2 Å². The fourth-order valence-electron chi connectivity index (χ4n) is 1.29. The normalized spacial score (nSPS) is 9.68. The smallest absolute Gasteiger partial charge is 0.377 e. The molecule has 8 nitrogen and oxygen atoms in total. The molecule has 0 saturated heterocycles. The molecule has 1 rings (SSSR count). The van der Waals surface area contributed by atoms with Crippen LogP contribution in [-0.2, 0) is 9.59 Å². The van der Waals surface area contributed by atoms with Crippen molar-refractivity contribution in [3.05, 3.63) is 34.9 Å². The van der Waals surface area contributed by atoms with Gasteiger partial charge in [0.15, 0.2) is 0 Å². The third-order valence-electron chi connectivity index (χ3n) is 2.14. The number of rotatable bonds is 5. The summed E-state index contributed by atoms with van der Waals surface area (Å²) in [5.74, 6) is -8.33. The summed E-state index contributed by atoms with van der Waals surface area (Å²) >= 11 is 0. The highest BCUT2D eigenvalue weighted by molar-refractivity contribution is 6.46. The molecule has 0 aliphatic heterocycles. The quantitative estimate of drug-likeness (QED) is 0.495. The summed E-state index contributed by atoms with van der Waals surface area (Å²) in [5.41, 5.74) is -1.89. The number of hydrogen-bond donors (Lipinski definition) is 3. The number of benzene rings is 1. The number of hydrogen-bond acceptors (Lipinski definition) is 5. The molecule has 1 aromatic rings. The molecule has 0 unspecified atom stereocenters. The van der Waals surface area contributed by atoms with Crippen molar-refractivity contribution < 1.29 is 39.3 Å². The lowest BCUT2D eigenvalue weighted by atomic mass is 9.97. The Morgan fingerprint density at radius 2 is 1.21 bits per heavy atom. The first-order valence-corrected chi connectivity index (χ1v) is 4.68. The van der Waals surface area contributed by atoms with E-state index in [4.69, 9.17) is 15.3 Å². The summed E-state index contributed by atoms with van der Waals surface area (Å²) in [4.78, 5) is 54.4. The minimum Gasteiger partial charge on any atom is -0.478 e. The van der Waals surface area contributed by atoms with Crippen LogP contribution in [0.3, 0.4) is 0 Å². The predicted octanol–water partition coefficient (Wildman–Crippen LogP) is -0.0806. The molecular formula is C11H6O8. The average Bonchev–Trinajstić information content (AvgIpc) is 2.35. The number of ketones is 2. The topological polar surface area (TPSA) is 146 Å². The minimum absolute atomic E-state index is 0.438. The Balaban J connectivity index is 3.51. The first kappa shape index (κ1) is 14.0. The van der Waals surface area contributed by atoms with Crippen molar-refractivity contribution in [2.75, 3.05) is 0 Å². The van der Waals surface area contributed by atoms with E-state index in [2.05, 4.69) is 0 Å². The number of carboxylic acid groups (broad SMARTS) is 3. The van der Waals surface area contributed by atoms with Gasteiger partial charge < -0.3 is 15.3 Å². The first-order chi connectivity index (χ1) is 8.75. The van der Waals surface area contributed by atoms with Crippen LogP contribution in [0.2, 0.25) is 0 Å². The molecular weight excluding hydrogens is 260 g/mol. The molecule has 0 aliphatic rings. The van der Waals surface area contributed by atoms with Crippen molar-refractivity contribution in [3.63, 3.8) is 0 Å². The van der Waals surface area contributed by atoms with E-state index < -0.39 is 46.2 Å². The Morgan fingerprint density at radius 3 is 1.63 bits per heavy atom. The van der Waals surface area contributed by atoms with E-state index in [1.165, 1.54) is 0 Å². The van der Waals surface area contributed by atoms with Crippen LogP contribution in [0.1, 0.15) is 31.1 Å². The van der Waals surface area contributed by atoms with Crippen molar-refractivity contribution in [3.8, 4) is 0 Å². The SMILES string of the molecule is O=C(O)C(=O)c1ccc(C(=O)O)cc1C(=O)C(=O)O. The van der Waals surface area contributed by atoms with Gasteiger partial charge in [0.05, 0.1) is 5.56 Å². The summed E-state index contributed by atoms with van der Waals surface area (Å²) in [7, 11) is 0. The van der Waals surface area contributed by atoms with Gasteiger partial charge in [-0.1, -0.05) is 0 Å². The molecule has 1 aromatic carbocycles. The predicted molar refractivity (Wildman–Crippen MR) is 57.3 cm³/mol. The number of aliphatic carboxylic acids is 2. The number of carbonyl (C=O) groups excluding carboxylic acids is 2. The minimum atomic E-state index is -1.93. The van der Waals surface area contributed by atoms with Crippen molar-refractivity contribution in [2.45, 2.75) is 0 Å². The van der Waals surface area contributed by atoms with Crippen molar-refractivity contribution in [2.24, 2.45) is 0 Å². The lowest BCUT2D eigenvalue weighted by Gasteiger charge is -2.05. The van der Waals surface area contributed by atoms with Crippen LogP contribution in [0.15, 0.2) is 18.2 Å². The van der Waals surface area contributed by atoms with Gasteiger partial charge in [-0.25, -0.2) is 14.4 Å². The van der Waals surface area contributed by atoms with Gasteiger partial charge in [0.2, 0.25) is 0 Å². The number of carboxylic acids is 3. The van der Waals surface area contributed by atoms with E-state index in [0.717, 1.165) is 12.1 Å². The van der Waals surface area contributed by atoms with E-state index >= 15 is 0 Å². The number of carbonyl (C=O) groups is 5. The average molecular weight is 266 g/mol. The summed E-state index contributed by atoms with van der Waals surface area (Å²) in [6.07, 6.45) is 0. The molecule has 0 amide bonds. The van der Waals surface area contributed by atoms with Crippen molar-refractivity contribution in [1.82, 2.24) is 0 Å². The monoisotopic (exact) mass is 266 g/mol. The van der Waals surface area contributed by atoms with Crippen molar-refractivity contribution >= 4 is 29.5 Å². The Hall–Kier alpha value is -3.03. The van der Waals surface area contributed by atoms with Gasteiger partial charge in [-0.3, -0.25) is 9.59 Å². The third kappa shape index (κ3) is 2.80. The maximum Gasteiger partial charge on any atom is 0.377 e. The van der Waals surface area contributed by atoms with Crippen LogP contribution in [0.5, 0.6) is 0 Å². The number of aromatic carboxylic acids is 1. The lowest BCUT2D eigenvalue weighted by molar-refractivity contribution is -0.132. The molecule has 8 heteroatoms. The molecule has 3 N–H and O–H groups in total. The second-order valence-electron chi connectivity index (χ2n) is 3.33. The number of Topliss-reactive ketones (excluding diaryl/α,β-unsaturated/α-hetero) is 2. The highest BCUT2D eigenvalue weighted by atomic mass is 16.4. The second-order valence-corrected chi connectivity index (χ2v) is 3.33. The molecule has 0 aliphatic carbocycles.